The molecule has 0 radical (unpaired) electrons. The number of nitrogens with zero attached hydrogens (tertiary/aromatic N) is 2. The number of carbonyl (C=O) groups is 2. The third kappa shape index (κ3) is 6.57. The van der Waals surface area contributed by atoms with Crippen molar-refractivity contribution >= 4 is 11.6 Å². The molecule has 3 aromatic rings. The molecule has 0 amide bonds. The highest BCUT2D eigenvalue weighted by atomic mass is 19.1. The van der Waals surface area contributed by atoms with Gasteiger partial charge in [-0.2, -0.15) is 5.26 Å². The average Bonchev–Trinajstić information content (AvgIpc) is 2.88. The zero-order valence-electron chi connectivity index (χ0n) is 21.4. The number of hydrogen-bond acceptors (Lipinski definition) is 4. The second kappa shape index (κ2) is 12.5. The second-order valence-electron chi connectivity index (χ2n) is 9.95. The number of aromatic nitrogens is 1. The van der Waals surface area contributed by atoms with E-state index in [-0.39, 0.29) is 17.5 Å². The minimum Gasteiger partial charge on any atom is -0.299 e. The maximum Gasteiger partial charge on any atom is 0.164 e. The standard InChI is InChI=1S/C32H33FN2O2/c1-2-7-31(36)27-16-14-23(27)15-19-32(37)28-17-18-30(26-12-4-3-10-24(26)21-34)35-29(28)13-6-9-22-8-5-11-25(33)20-22/h3-5,8,10-12,17-18,20,23,27H,2,6-7,9,13-16,19H2,1H3. The van der Waals surface area contributed by atoms with Crippen LogP contribution in [-0.4, -0.2) is 16.6 Å². The average molecular weight is 497 g/mol. The minimum absolute atomic E-state index is 0.0435. The molecule has 2 atom stereocenters. The summed E-state index contributed by atoms with van der Waals surface area (Å²) in [5.74, 6) is 0.539. The Kier molecular flexibility index (Phi) is 8.95. The zero-order valence-corrected chi connectivity index (χ0v) is 21.4. The van der Waals surface area contributed by atoms with Crippen molar-refractivity contribution in [1.82, 2.24) is 4.98 Å². The van der Waals surface area contributed by atoms with Crippen LogP contribution in [-0.2, 0) is 17.6 Å². The molecule has 0 aliphatic heterocycles. The Labute approximate surface area is 218 Å². The van der Waals surface area contributed by atoms with Crippen LogP contribution in [0, 0.1) is 29.0 Å². The minimum atomic E-state index is -0.256. The lowest BCUT2D eigenvalue weighted by molar-refractivity contribution is -0.128. The fraction of sp³-hybridized carbons (Fsp3) is 0.375. The number of Topliss-reactive ketones (excluding diaryl/α,β-unsaturated/α-hetero) is 2. The van der Waals surface area contributed by atoms with Gasteiger partial charge in [0.15, 0.2) is 5.78 Å². The smallest absolute Gasteiger partial charge is 0.164 e. The summed E-state index contributed by atoms with van der Waals surface area (Å²) in [4.78, 5) is 30.5. The SMILES string of the molecule is CCCC(=O)C1CCC1CCC(=O)c1ccc(-c2ccccc2C#N)nc1CCCc1cccc(F)c1. The van der Waals surface area contributed by atoms with Gasteiger partial charge in [0.25, 0.3) is 0 Å². The summed E-state index contributed by atoms with van der Waals surface area (Å²) in [7, 11) is 0. The van der Waals surface area contributed by atoms with Gasteiger partial charge in [-0.05, 0) is 86.8 Å². The number of benzene rings is 2. The number of aryl methyl sites for hydroxylation is 2. The van der Waals surface area contributed by atoms with Gasteiger partial charge in [0.1, 0.15) is 11.6 Å². The molecule has 1 aliphatic rings. The normalized spacial score (nSPS) is 16.6. The molecule has 0 spiro atoms. The van der Waals surface area contributed by atoms with E-state index in [0.717, 1.165) is 43.2 Å². The van der Waals surface area contributed by atoms with E-state index in [1.54, 1.807) is 12.1 Å². The van der Waals surface area contributed by atoms with E-state index in [9.17, 15) is 19.2 Å². The van der Waals surface area contributed by atoms with Crippen LogP contribution in [0.4, 0.5) is 4.39 Å². The van der Waals surface area contributed by atoms with Gasteiger partial charge in [0, 0.05) is 29.9 Å². The lowest BCUT2D eigenvalue weighted by Crippen LogP contribution is -2.33. The molecule has 2 unspecified atom stereocenters. The van der Waals surface area contributed by atoms with E-state index in [0.29, 0.717) is 59.9 Å². The molecule has 1 aromatic heterocycles. The predicted molar refractivity (Wildman–Crippen MR) is 143 cm³/mol. The Balaban J connectivity index is 1.52. The van der Waals surface area contributed by atoms with E-state index < -0.39 is 0 Å². The summed E-state index contributed by atoms with van der Waals surface area (Å²) in [6.07, 6.45) is 6.53. The number of hydrogen-bond donors (Lipinski definition) is 0. The van der Waals surface area contributed by atoms with Crippen molar-refractivity contribution in [3.63, 3.8) is 0 Å². The summed E-state index contributed by atoms with van der Waals surface area (Å²) in [5, 5.41) is 9.54. The quantitative estimate of drug-likeness (QED) is 0.247. The zero-order chi connectivity index (χ0) is 26.2. The van der Waals surface area contributed by atoms with Crippen molar-refractivity contribution in [2.24, 2.45) is 11.8 Å². The van der Waals surface area contributed by atoms with Crippen LogP contribution in [0.2, 0.25) is 0 Å². The van der Waals surface area contributed by atoms with Gasteiger partial charge in [0.05, 0.1) is 23.0 Å². The molecular formula is C32H33FN2O2. The fourth-order valence-electron chi connectivity index (χ4n) is 5.27. The largest absolute Gasteiger partial charge is 0.299 e. The number of pyridine rings is 1. The van der Waals surface area contributed by atoms with E-state index in [1.807, 2.05) is 43.3 Å². The first kappa shape index (κ1) is 26.4. The van der Waals surface area contributed by atoms with Gasteiger partial charge in [-0.1, -0.05) is 37.3 Å². The predicted octanol–water partition coefficient (Wildman–Crippen LogP) is 7.29. The first-order chi connectivity index (χ1) is 18.0. The van der Waals surface area contributed by atoms with Crippen LogP contribution >= 0.6 is 0 Å². The van der Waals surface area contributed by atoms with Crippen LogP contribution in [0.1, 0.15) is 79.0 Å². The summed E-state index contributed by atoms with van der Waals surface area (Å²) in [6.45, 7) is 2.02. The molecule has 1 heterocycles. The van der Waals surface area contributed by atoms with Crippen molar-refractivity contribution in [1.29, 1.82) is 5.26 Å². The van der Waals surface area contributed by atoms with Crippen LogP contribution < -0.4 is 0 Å². The molecule has 4 nitrogen and oxygen atoms in total. The van der Waals surface area contributed by atoms with E-state index >= 15 is 0 Å². The topological polar surface area (TPSA) is 70.8 Å². The number of carbonyl (C=O) groups excluding carboxylic acids is 2. The Bertz CT molecular complexity index is 1310. The van der Waals surface area contributed by atoms with E-state index in [4.69, 9.17) is 4.98 Å². The molecule has 0 N–H and O–H groups in total. The van der Waals surface area contributed by atoms with Crippen LogP contribution in [0.3, 0.4) is 0 Å². The second-order valence-corrected chi connectivity index (χ2v) is 9.95. The molecule has 5 heteroatoms. The number of nitriles is 1. The number of rotatable bonds is 12. The van der Waals surface area contributed by atoms with Crippen LogP contribution in [0.15, 0.2) is 60.7 Å². The van der Waals surface area contributed by atoms with Crippen LogP contribution in [0.25, 0.3) is 11.3 Å². The van der Waals surface area contributed by atoms with E-state index in [2.05, 4.69) is 6.07 Å². The fourth-order valence-corrected chi connectivity index (χ4v) is 5.27. The third-order valence-electron chi connectivity index (χ3n) is 7.44. The molecule has 4 rings (SSSR count). The van der Waals surface area contributed by atoms with Gasteiger partial charge in [-0.3, -0.25) is 14.6 Å². The molecule has 0 saturated heterocycles. The molecule has 37 heavy (non-hydrogen) atoms. The van der Waals surface area contributed by atoms with Gasteiger partial charge in [-0.25, -0.2) is 4.39 Å². The third-order valence-corrected chi connectivity index (χ3v) is 7.44. The highest BCUT2D eigenvalue weighted by Gasteiger charge is 2.35. The summed E-state index contributed by atoms with van der Waals surface area (Å²) in [5.41, 5.74) is 4.16. The number of halogens is 1. The lowest BCUT2D eigenvalue weighted by atomic mass is 9.68. The molecule has 1 fully saturated rings. The number of ketones is 2. The summed E-state index contributed by atoms with van der Waals surface area (Å²) >= 11 is 0. The van der Waals surface area contributed by atoms with Crippen molar-refractivity contribution in [2.45, 2.75) is 64.7 Å². The summed E-state index contributed by atoms with van der Waals surface area (Å²) < 4.78 is 13.6. The van der Waals surface area contributed by atoms with Crippen LogP contribution in [0.5, 0.6) is 0 Å². The van der Waals surface area contributed by atoms with E-state index in [1.165, 1.54) is 12.1 Å². The van der Waals surface area contributed by atoms with Crippen molar-refractivity contribution in [2.75, 3.05) is 0 Å². The maximum absolute atomic E-state index is 13.6. The van der Waals surface area contributed by atoms with Crippen molar-refractivity contribution < 1.29 is 14.0 Å². The Hall–Kier alpha value is -3.65. The molecular weight excluding hydrogens is 463 g/mol. The lowest BCUT2D eigenvalue weighted by Gasteiger charge is -2.35. The van der Waals surface area contributed by atoms with Gasteiger partial charge in [-0.15, -0.1) is 0 Å². The van der Waals surface area contributed by atoms with Crippen molar-refractivity contribution in [3.8, 4) is 17.3 Å². The molecule has 1 saturated carbocycles. The first-order valence-corrected chi connectivity index (χ1v) is 13.3. The molecule has 2 aromatic carbocycles. The highest BCUT2D eigenvalue weighted by molar-refractivity contribution is 5.97. The Morgan fingerprint density at radius 2 is 1.86 bits per heavy atom. The Morgan fingerprint density at radius 3 is 2.59 bits per heavy atom. The van der Waals surface area contributed by atoms with Crippen molar-refractivity contribution in [3.05, 3.63) is 88.9 Å². The highest BCUT2D eigenvalue weighted by Crippen LogP contribution is 2.39. The van der Waals surface area contributed by atoms with Gasteiger partial charge in [0.2, 0.25) is 0 Å². The molecule has 0 bridgehead atoms. The Morgan fingerprint density at radius 1 is 1.03 bits per heavy atom. The van der Waals surface area contributed by atoms with Gasteiger partial charge < -0.3 is 0 Å². The molecule has 1 aliphatic carbocycles. The van der Waals surface area contributed by atoms with Gasteiger partial charge >= 0.3 is 0 Å². The maximum atomic E-state index is 13.6. The monoisotopic (exact) mass is 496 g/mol. The first-order valence-electron chi connectivity index (χ1n) is 13.3. The molecule has 190 valence electrons. The summed E-state index contributed by atoms with van der Waals surface area (Å²) in [6, 6.07) is 19.7.